The summed E-state index contributed by atoms with van der Waals surface area (Å²) in [4.78, 5) is 18.6. The Morgan fingerprint density at radius 1 is 1.20 bits per heavy atom. The van der Waals surface area contributed by atoms with Crippen LogP contribution >= 0.6 is 12.2 Å². The summed E-state index contributed by atoms with van der Waals surface area (Å²) in [7, 11) is 3.29. The maximum atomic E-state index is 11.8. The highest BCUT2D eigenvalue weighted by Gasteiger charge is 2.42. The van der Waals surface area contributed by atoms with Crippen molar-refractivity contribution in [3.63, 3.8) is 0 Å². The molecule has 2 aromatic heterocycles. The van der Waals surface area contributed by atoms with Gasteiger partial charge in [-0.05, 0) is 68.0 Å². The van der Waals surface area contributed by atoms with Gasteiger partial charge in [-0.25, -0.2) is 0 Å². The van der Waals surface area contributed by atoms with Crippen LogP contribution in [0.15, 0.2) is 48.7 Å². The van der Waals surface area contributed by atoms with E-state index in [-0.39, 0.29) is 18.0 Å². The maximum absolute atomic E-state index is 11.8. The van der Waals surface area contributed by atoms with Crippen LogP contribution in [-0.2, 0) is 16.1 Å². The van der Waals surface area contributed by atoms with Gasteiger partial charge in [0, 0.05) is 43.9 Å². The molecular weight excluding hydrogens is 462 g/mol. The fourth-order valence-corrected chi connectivity index (χ4v) is 5.08. The number of methoxy groups -OCH3 is 2. The van der Waals surface area contributed by atoms with E-state index in [4.69, 9.17) is 21.7 Å². The average Bonchev–Trinajstić information content (AvgIpc) is 3.33. The Morgan fingerprint density at radius 2 is 2.00 bits per heavy atom. The highest BCUT2D eigenvalue weighted by molar-refractivity contribution is 7.80. The second-order valence-corrected chi connectivity index (χ2v) is 8.92. The average molecular weight is 494 g/mol. The van der Waals surface area contributed by atoms with Crippen LogP contribution in [0, 0.1) is 13.8 Å². The summed E-state index contributed by atoms with van der Waals surface area (Å²) in [6, 6.07) is 13.5. The lowest BCUT2D eigenvalue weighted by Gasteiger charge is -2.29. The van der Waals surface area contributed by atoms with Crippen molar-refractivity contribution >= 4 is 34.6 Å². The fourth-order valence-electron chi connectivity index (χ4n) is 4.74. The van der Waals surface area contributed by atoms with Crippen molar-refractivity contribution in [2.24, 2.45) is 0 Å². The minimum Gasteiger partial charge on any atom is -0.495 e. The van der Waals surface area contributed by atoms with Gasteiger partial charge in [-0.1, -0.05) is 6.07 Å². The minimum atomic E-state index is -0.174. The molecule has 1 amide bonds. The van der Waals surface area contributed by atoms with E-state index in [9.17, 15) is 4.79 Å². The number of anilines is 2. The molecular formula is C26H31N5O3S. The topological polar surface area (TPSA) is 80.7 Å². The number of rotatable bonds is 8. The molecule has 0 aliphatic carbocycles. The van der Waals surface area contributed by atoms with E-state index in [1.54, 1.807) is 20.4 Å². The number of nitrogens with zero attached hydrogens (tertiary/aromatic N) is 3. The highest BCUT2D eigenvalue weighted by atomic mass is 32.1. The van der Waals surface area contributed by atoms with Crippen LogP contribution in [0.1, 0.15) is 41.7 Å². The van der Waals surface area contributed by atoms with Crippen LogP contribution in [0.25, 0.3) is 0 Å². The summed E-state index contributed by atoms with van der Waals surface area (Å²) in [5.74, 6) is 0.407. The predicted molar refractivity (Wildman–Crippen MR) is 141 cm³/mol. The van der Waals surface area contributed by atoms with Gasteiger partial charge in [-0.15, -0.1) is 0 Å². The normalized spacial score (nSPS) is 17.4. The maximum Gasteiger partial charge on any atom is 0.221 e. The molecule has 4 rings (SSSR count). The lowest BCUT2D eigenvalue weighted by Crippen LogP contribution is -2.29. The van der Waals surface area contributed by atoms with E-state index in [0.717, 1.165) is 34.9 Å². The summed E-state index contributed by atoms with van der Waals surface area (Å²) >= 11 is 5.86. The van der Waals surface area contributed by atoms with Crippen molar-refractivity contribution in [3.05, 3.63) is 71.3 Å². The SMILES string of the molecule is COCCn1c(C)cc(C2C(c3ccccn3)NC(=S)N2c2ccc(OC)c(NC(C)=O)c2)c1C. The quantitative estimate of drug-likeness (QED) is 0.453. The van der Waals surface area contributed by atoms with Gasteiger partial charge < -0.3 is 29.6 Å². The number of carbonyl (C=O) groups is 1. The van der Waals surface area contributed by atoms with Crippen LogP contribution in [-0.4, -0.2) is 41.4 Å². The molecule has 1 saturated heterocycles. The number of ether oxygens (including phenoxy) is 2. The standard InChI is InChI=1S/C26H31N5O3S/c1-16-14-20(17(2)30(16)12-13-33-4)25-24(21-8-6-7-11-27-21)29-26(35)31(25)19-9-10-23(34-5)22(15-19)28-18(3)32/h6-11,14-15,24-25H,12-13H2,1-5H3,(H,28,32)(H,29,35). The van der Waals surface area contributed by atoms with Gasteiger partial charge in [0.05, 0.1) is 37.2 Å². The molecule has 9 heteroatoms. The second-order valence-electron chi connectivity index (χ2n) is 8.53. The van der Waals surface area contributed by atoms with Crippen molar-refractivity contribution in [2.45, 2.75) is 39.4 Å². The summed E-state index contributed by atoms with van der Waals surface area (Å²) in [5, 5.41) is 6.95. The van der Waals surface area contributed by atoms with Gasteiger partial charge in [-0.3, -0.25) is 9.78 Å². The van der Waals surface area contributed by atoms with Gasteiger partial charge in [-0.2, -0.15) is 0 Å². The molecule has 2 unspecified atom stereocenters. The summed E-state index contributed by atoms with van der Waals surface area (Å²) in [6.07, 6.45) is 1.80. The molecule has 8 nitrogen and oxygen atoms in total. The largest absolute Gasteiger partial charge is 0.495 e. The van der Waals surface area contributed by atoms with Crippen LogP contribution < -0.4 is 20.3 Å². The summed E-state index contributed by atoms with van der Waals surface area (Å²) in [5.41, 5.74) is 5.79. The Bertz CT molecular complexity index is 1230. The van der Waals surface area contributed by atoms with Crippen LogP contribution in [0.4, 0.5) is 11.4 Å². The van der Waals surface area contributed by atoms with Gasteiger partial charge in [0.2, 0.25) is 5.91 Å². The van der Waals surface area contributed by atoms with E-state index in [2.05, 4.69) is 45.0 Å². The Labute approximate surface area is 211 Å². The van der Waals surface area contributed by atoms with E-state index in [1.807, 2.05) is 36.4 Å². The molecule has 0 radical (unpaired) electrons. The molecule has 35 heavy (non-hydrogen) atoms. The first-order valence-electron chi connectivity index (χ1n) is 11.5. The number of hydrogen-bond acceptors (Lipinski definition) is 5. The van der Waals surface area contributed by atoms with E-state index < -0.39 is 0 Å². The Kier molecular flexibility index (Phi) is 7.37. The Hall–Kier alpha value is -3.43. The monoisotopic (exact) mass is 493 g/mol. The van der Waals surface area contributed by atoms with Crippen molar-refractivity contribution in [3.8, 4) is 5.75 Å². The van der Waals surface area contributed by atoms with Crippen LogP contribution in [0.5, 0.6) is 5.75 Å². The van der Waals surface area contributed by atoms with Crippen molar-refractivity contribution in [1.29, 1.82) is 0 Å². The van der Waals surface area contributed by atoms with Crippen molar-refractivity contribution < 1.29 is 14.3 Å². The molecule has 2 N–H and O–H groups in total. The van der Waals surface area contributed by atoms with E-state index in [0.29, 0.717) is 23.2 Å². The number of thiocarbonyl (C=S) groups is 1. The first-order valence-corrected chi connectivity index (χ1v) is 11.9. The van der Waals surface area contributed by atoms with Crippen LogP contribution in [0.2, 0.25) is 0 Å². The van der Waals surface area contributed by atoms with Gasteiger partial charge in [0.1, 0.15) is 5.75 Å². The van der Waals surface area contributed by atoms with Gasteiger partial charge in [0.25, 0.3) is 0 Å². The first-order chi connectivity index (χ1) is 16.8. The molecule has 184 valence electrons. The molecule has 3 heterocycles. The molecule has 0 saturated carbocycles. The molecule has 1 aliphatic rings. The molecule has 1 aliphatic heterocycles. The lowest BCUT2D eigenvalue weighted by atomic mass is 9.96. The zero-order valence-electron chi connectivity index (χ0n) is 20.7. The number of amides is 1. The third-order valence-electron chi connectivity index (χ3n) is 6.32. The summed E-state index contributed by atoms with van der Waals surface area (Å²) in [6.45, 7) is 7.10. The zero-order valence-corrected chi connectivity index (χ0v) is 21.5. The van der Waals surface area contributed by atoms with E-state index >= 15 is 0 Å². The minimum absolute atomic E-state index is 0.154. The third-order valence-corrected chi connectivity index (χ3v) is 6.64. The van der Waals surface area contributed by atoms with Crippen LogP contribution in [0.3, 0.4) is 0 Å². The molecule has 0 bridgehead atoms. The molecule has 1 fully saturated rings. The number of hydrogen-bond donors (Lipinski definition) is 2. The van der Waals surface area contributed by atoms with Gasteiger partial charge in [0.15, 0.2) is 5.11 Å². The molecule has 3 aromatic rings. The fraction of sp³-hybridized carbons (Fsp3) is 0.346. The Morgan fingerprint density at radius 3 is 2.66 bits per heavy atom. The number of benzene rings is 1. The lowest BCUT2D eigenvalue weighted by molar-refractivity contribution is -0.114. The van der Waals surface area contributed by atoms with Gasteiger partial charge >= 0.3 is 0 Å². The summed E-state index contributed by atoms with van der Waals surface area (Å²) < 4.78 is 13.1. The number of aromatic nitrogens is 2. The smallest absolute Gasteiger partial charge is 0.221 e. The zero-order chi connectivity index (χ0) is 25.1. The molecule has 1 aromatic carbocycles. The second kappa shape index (κ2) is 10.5. The number of aryl methyl sites for hydroxylation is 1. The predicted octanol–water partition coefficient (Wildman–Crippen LogP) is 4.29. The first kappa shape index (κ1) is 24.7. The molecule has 2 atom stereocenters. The molecule has 0 spiro atoms. The third kappa shape index (κ3) is 4.87. The number of nitrogens with one attached hydrogen (secondary N) is 2. The van der Waals surface area contributed by atoms with E-state index in [1.165, 1.54) is 6.92 Å². The van der Waals surface area contributed by atoms with Crippen molar-refractivity contribution in [2.75, 3.05) is 31.0 Å². The highest BCUT2D eigenvalue weighted by Crippen LogP contribution is 2.44. The Balaban J connectivity index is 1.85. The van der Waals surface area contributed by atoms with Crippen molar-refractivity contribution in [1.82, 2.24) is 14.9 Å². The number of pyridine rings is 1. The number of carbonyl (C=O) groups excluding carboxylic acids is 1.